The van der Waals surface area contributed by atoms with E-state index in [0.717, 1.165) is 10.0 Å². The number of anilines is 1. The minimum atomic E-state index is -3.69. The molecule has 0 radical (unpaired) electrons. The number of carbonyl (C=O) groups is 1. The molecular formula is C21H19BrN2O3S. The average Bonchev–Trinajstić information content (AvgIpc) is 2.69. The van der Waals surface area contributed by atoms with Crippen molar-refractivity contribution in [2.75, 3.05) is 11.8 Å². The van der Waals surface area contributed by atoms with Crippen molar-refractivity contribution in [3.63, 3.8) is 0 Å². The molecule has 0 bridgehead atoms. The standard InChI is InChI=1S/C21H19BrN2O3S/c1-24(15-16-5-3-2-4-6-16)21(25)17-7-11-19(12-8-17)23-28(26,27)20-13-9-18(22)10-14-20/h2-14,23H,15H2,1H3. The zero-order chi connectivity index (χ0) is 20.1. The van der Waals surface area contributed by atoms with Gasteiger partial charge in [-0.05, 0) is 54.1 Å². The van der Waals surface area contributed by atoms with Crippen LogP contribution in [0.25, 0.3) is 0 Å². The number of nitrogens with one attached hydrogen (secondary N) is 1. The van der Waals surface area contributed by atoms with Gasteiger partial charge < -0.3 is 4.90 Å². The van der Waals surface area contributed by atoms with Crippen molar-refractivity contribution in [3.05, 3.63) is 94.5 Å². The lowest BCUT2D eigenvalue weighted by Crippen LogP contribution is -2.26. The predicted molar refractivity (Wildman–Crippen MR) is 114 cm³/mol. The second-order valence-corrected chi connectivity index (χ2v) is 8.88. The number of nitrogens with zero attached hydrogens (tertiary/aromatic N) is 1. The topological polar surface area (TPSA) is 66.5 Å². The second-order valence-electron chi connectivity index (χ2n) is 6.28. The van der Waals surface area contributed by atoms with Gasteiger partial charge >= 0.3 is 0 Å². The Morgan fingerprint density at radius 2 is 1.54 bits per heavy atom. The minimum Gasteiger partial charge on any atom is -0.337 e. The Morgan fingerprint density at radius 1 is 0.929 bits per heavy atom. The molecule has 0 aliphatic carbocycles. The van der Waals surface area contributed by atoms with Crippen LogP contribution in [0.1, 0.15) is 15.9 Å². The Labute approximate surface area is 173 Å². The lowest BCUT2D eigenvalue weighted by atomic mass is 10.1. The Kier molecular flexibility index (Phi) is 6.16. The van der Waals surface area contributed by atoms with Crippen molar-refractivity contribution in [3.8, 4) is 0 Å². The largest absolute Gasteiger partial charge is 0.337 e. The maximum absolute atomic E-state index is 12.6. The lowest BCUT2D eigenvalue weighted by molar-refractivity contribution is 0.0785. The molecule has 1 amide bonds. The van der Waals surface area contributed by atoms with Gasteiger partial charge in [-0.25, -0.2) is 8.42 Å². The maximum atomic E-state index is 12.6. The van der Waals surface area contributed by atoms with Crippen LogP contribution in [0.2, 0.25) is 0 Å². The molecule has 0 heterocycles. The third-order valence-corrected chi connectivity index (χ3v) is 6.04. The molecule has 0 saturated heterocycles. The van der Waals surface area contributed by atoms with Crippen molar-refractivity contribution in [1.29, 1.82) is 0 Å². The number of rotatable bonds is 6. The zero-order valence-corrected chi connectivity index (χ0v) is 17.6. The van der Waals surface area contributed by atoms with Crippen LogP contribution in [0, 0.1) is 0 Å². The van der Waals surface area contributed by atoms with Crippen molar-refractivity contribution in [2.45, 2.75) is 11.4 Å². The summed E-state index contributed by atoms with van der Waals surface area (Å²) in [6.07, 6.45) is 0. The minimum absolute atomic E-state index is 0.133. The van der Waals surface area contributed by atoms with Gasteiger partial charge in [0.15, 0.2) is 0 Å². The molecule has 0 atom stereocenters. The Balaban J connectivity index is 1.69. The summed E-state index contributed by atoms with van der Waals surface area (Å²) in [4.78, 5) is 14.4. The molecule has 1 N–H and O–H groups in total. The van der Waals surface area contributed by atoms with Gasteiger partial charge in [0, 0.05) is 29.3 Å². The Bertz CT molecular complexity index is 1050. The van der Waals surface area contributed by atoms with Crippen LogP contribution in [-0.2, 0) is 16.6 Å². The summed E-state index contributed by atoms with van der Waals surface area (Å²) in [5, 5.41) is 0. The van der Waals surface area contributed by atoms with Crippen LogP contribution in [0.5, 0.6) is 0 Å². The Morgan fingerprint density at radius 3 is 2.14 bits per heavy atom. The van der Waals surface area contributed by atoms with Gasteiger partial charge in [0.1, 0.15) is 0 Å². The van der Waals surface area contributed by atoms with Gasteiger partial charge in [0.25, 0.3) is 15.9 Å². The molecule has 7 heteroatoms. The van der Waals surface area contributed by atoms with E-state index in [-0.39, 0.29) is 10.8 Å². The van der Waals surface area contributed by atoms with Crippen molar-refractivity contribution in [1.82, 2.24) is 4.90 Å². The number of carbonyl (C=O) groups excluding carboxylic acids is 1. The van der Waals surface area contributed by atoms with Gasteiger partial charge in [-0.15, -0.1) is 0 Å². The number of amides is 1. The fourth-order valence-electron chi connectivity index (χ4n) is 2.66. The van der Waals surface area contributed by atoms with Crippen LogP contribution in [0.3, 0.4) is 0 Å². The van der Waals surface area contributed by atoms with E-state index in [4.69, 9.17) is 0 Å². The van der Waals surface area contributed by atoms with Crippen LogP contribution in [0.4, 0.5) is 5.69 Å². The molecule has 144 valence electrons. The van der Waals surface area contributed by atoms with Crippen molar-refractivity contribution < 1.29 is 13.2 Å². The van der Waals surface area contributed by atoms with E-state index >= 15 is 0 Å². The highest BCUT2D eigenvalue weighted by Gasteiger charge is 2.15. The van der Waals surface area contributed by atoms with E-state index in [1.807, 2.05) is 30.3 Å². The number of halogens is 1. The van der Waals surface area contributed by atoms with E-state index in [9.17, 15) is 13.2 Å². The summed E-state index contributed by atoms with van der Waals surface area (Å²) in [5.74, 6) is -0.133. The normalized spacial score (nSPS) is 11.1. The average molecular weight is 459 g/mol. The maximum Gasteiger partial charge on any atom is 0.261 e. The summed E-state index contributed by atoms with van der Waals surface area (Å²) in [5.41, 5.74) is 1.92. The first-order chi connectivity index (χ1) is 13.3. The van der Waals surface area contributed by atoms with Gasteiger partial charge in [0.2, 0.25) is 0 Å². The molecule has 3 rings (SSSR count). The highest BCUT2D eigenvalue weighted by atomic mass is 79.9. The van der Waals surface area contributed by atoms with Crippen LogP contribution in [0.15, 0.2) is 88.2 Å². The van der Waals surface area contributed by atoms with Gasteiger partial charge in [-0.3, -0.25) is 9.52 Å². The lowest BCUT2D eigenvalue weighted by Gasteiger charge is -2.17. The van der Waals surface area contributed by atoms with Gasteiger partial charge in [0.05, 0.1) is 4.90 Å². The first kappa shape index (κ1) is 20.1. The van der Waals surface area contributed by atoms with Crippen molar-refractivity contribution >= 4 is 37.5 Å². The molecule has 3 aromatic carbocycles. The number of benzene rings is 3. The second kappa shape index (κ2) is 8.58. The molecule has 0 unspecified atom stereocenters. The van der Waals surface area contributed by atoms with Crippen molar-refractivity contribution in [2.24, 2.45) is 0 Å². The van der Waals surface area contributed by atoms with Crippen LogP contribution >= 0.6 is 15.9 Å². The molecule has 0 spiro atoms. The van der Waals surface area contributed by atoms with Crippen LogP contribution in [-0.4, -0.2) is 26.3 Å². The van der Waals surface area contributed by atoms with E-state index in [0.29, 0.717) is 17.8 Å². The monoisotopic (exact) mass is 458 g/mol. The molecule has 28 heavy (non-hydrogen) atoms. The molecule has 0 aliphatic rings. The molecule has 3 aromatic rings. The third-order valence-electron chi connectivity index (χ3n) is 4.12. The quantitative estimate of drug-likeness (QED) is 0.590. The summed E-state index contributed by atoms with van der Waals surface area (Å²) >= 11 is 3.28. The molecule has 0 aliphatic heterocycles. The molecule has 0 fully saturated rings. The molecule has 0 aromatic heterocycles. The highest BCUT2D eigenvalue weighted by molar-refractivity contribution is 9.10. The van der Waals surface area contributed by atoms with Gasteiger partial charge in [-0.1, -0.05) is 46.3 Å². The number of sulfonamides is 1. The van der Waals surface area contributed by atoms with E-state index < -0.39 is 10.0 Å². The summed E-state index contributed by atoms with van der Waals surface area (Å²) in [7, 11) is -1.95. The molecule has 5 nitrogen and oxygen atoms in total. The molecule has 0 saturated carbocycles. The van der Waals surface area contributed by atoms with Crippen LogP contribution < -0.4 is 4.72 Å². The smallest absolute Gasteiger partial charge is 0.261 e. The van der Waals surface area contributed by atoms with E-state index in [2.05, 4.69) is 20.7 Å². The first-order valence-corrected chi connectivity index (χ1v) is 10.8. The Hall–Kier alpha value is -2.64. The summed E-state index contributed by atoms with van der Waals surface area (Å²) in [6.45, 7) is 0.498. The fraction of sp³-hybridized carbons (Fsp3) is 0.0952. The predicted octanol–water partition coefficient (Wildman–Crippen LogP) is 4.52. The fourth-order valence-corrected chi connectivity index (χ4v) is 3.98. The van der Waals surface area contributed by atoms with E-state index in [1.54, 1.807) is 48.3 Å². The zero-order valence-electron chi connectivity index (χ0n) is 15.2. The number of hydrogen-bond donors (Lipinski definition) is 1. The van der Waals surface area contributed by atoms with E-state index in [1.165, 1.54) is 12.1 Å². The van der Waals surface area contributed by atoms with Gasteiger partial charge in [-0.2, -0.15) is 0 Å². The summed E-state index contributed by atoms with van der Waals surface area (Å²) < 4.78 is 28.2. The number of hydrogen-bond acceptors (Lipinski definition) is 3. The highest BCUT2D eigenvalue weighted by Crippen LogP contribution is 2.19. The summed E-state index contributed by atoms with van der Waals surface area (Å²) in [6, 6.07) is 22.5. The molecular weight excluding hydrogens is 440 g/mol. The third kappa shape index (κ3) is 4.99. The SMILES string of the molecule is CN(Cc1ccccc1)C(=O)c1ccc(NS(=O)(=O)c2ccc(Br)cc2)cc1. The first-order valence-electron chi connectivity index (χ1n) is 8.53.